The fraction of sp³-hybridized carbons (Fsp3) is 0.444. The summed E-state index contributed by atoms with van der Waals surface area (Å²) in [5, 5.41) is 12.8. The number of guanidine groups is 1. The van der Waals surface area contributed by atoms with E-state index in [0.717, 1.165) is 10.1 Å². The lowest BCUT2D eigenvalue weighted by Crippen LogP contribution is -2.47. The number of aromatic nitrogens is 2. The third kappa shape index (κ3) is 5.90. The monoisotopic (exact) mass is 543 g/mol. The Balaban J connectivity index is 0.00000450. The van der Waals surface area contributed by atoms with Gasteiger partial charge in [0.25, 0.3) is 0 Å². The maximum absolute atomic E-state index is 13.5. The van der Waals surface area contributed by atoms with Gasteiger partial charge in [-0.3, -0.25) is 0 Å². The zero-order valence-electron chi connectivity index (χ0n) is 16.7. The quantitative estimate of drug-likeness (QED) is 0.268. The van der Waals surface area contributed by atoms with E-state index >= 15 is 0 Å². The highest BCUT2D eigenvalue weighted by Gasteiger charge is 2.57. The third-order valence-electron chi connectivity index (χ3n) is 4.33. The Morgan fingerprint density at radius 3 is 2.47 bits per heavy atom. The van der Waals surface area contributed by atoms with Crippen LogP contribution >= 0.6 is 24.0 Å². The van der Waals surface area contributed by atoms with Crippen LogP contribution in [-0.4, -0.2) is 47.6 Å². The zero-order valence-corrected chi connectivity index (χ0v) is 19.1. The molecule has 2 aromatic rings. The highest BCUT2D eigenvalue weighted by molar-refractivity contribution is 14.0. The largest absolute Gasteiger partial charge is 0.493 e. The summed E-state index contributed by atoms with van der Waals surface area (Å²) < 4.78 is 51.9. The first-order valence-electron chi connectivity index (χ1n) is 8.64. The van der Waals surface area contributed by atoms with Crippen LogP contribution in [0.2, 0.25) is 0 Å². The van der Waals surface area contributed by atoms with E-state index in [9.17, 15) is 18.3 Å². The van der Waals surface area contributed by atoms with Gasteiger partial charge in [-0.1, -0.05) is 6.07 Å². The molecule has 0 aliphatic heterocycles. The van der Waals surface area contributed by atoms with Crippen molar-refractivity contribution < 1.29 is 27.8 Å². The van der Waals surface area contributed by atoms with Gasteiger partial charge in [-0.2, -0.15) is 13.2 Å². The number of hydrogen-bond acceptors (Lipinski definition) is 5. The van der Waals surface area contributed by atoms with Gasteiger partial charge in [-0.05, 0) is 17.7 Å². The molecule has 0 aliphatic rings. The Labute approximate surface area is 189 Å². The van der Waals surface area contributed by atoms with Crippen LogP contribution in [0.25, 0.3) is 0 Å². The second-order valence-corrected chi connectivity index (χ2v) is 6.29. The van der Waals surface area contributed by atoms with Crippen molar-refractivity contribution in [1.29, 1.82) is 0 Å². The van der Waals surface area contributed by atoms with Crippen LogP contribution in [0.3, 0.4) is 0 Å². The molecule has 1 unspecified atom stereocenters. The lowest BCUT2D eigenvalue weighted by atomic mass is 9.97. The Morgan fingerprint density at radius 1 is 1.27 bits per heavy atom. The van der Waals surface area contributed by atoms with Gasteiger partial charge in [0.1, 0.15) is 5.82 Å². The summed E-state index contributed by atoms with van der Waals surface area (Å²) in [6.45, 7) is -0.0772. The SMILES string of the molecule is COc1ccc(CN=C(N)NCCC(O)(c2nccn2C)C(F)(F)F)cc1OC.I. The van der Waals surface area contributed by atoms with E-state index in [4.69, 9.17) is 15.2 Å². The summed E-state index contributed by atoms with van der Waals surface area (Å²) in [6.07, 6.45) is -3.07. The van der Waals surface area contributed by atoms with Crippen LogP contribution < -0.4 is 20.5 Å². The first-order chi connectivity index (χ1) is 13.6. The Bertz CT molecular complexity index is 860. The van der Waals surface area contributed by atoms with E-state index in [1.165, 1.54) is 33.7 Å². The molecule has 0 saturated heterocycles. The molecule has 4 N–H and O–H groups in total. The van der Waals surface area contributed by atoms with Gasteiger partial charge in [0.05, 0.1) is 20.8 Å². The smallest absolute Gasteiger partial charge is 0.424 e. The number of hydrogen-bond donors (Lipinski definition) is 3. The van der Waals surface area contributed by atoms with Gasteiger partial charge in [0, 0.05) is 32.4 Å². The molecule has 2 rings (SSSR count). The maximum atomic E-state index is 13.5. The second kappa shape index (κ2) is 10.7. The molecule has 1 aromatic carbocycles. The molecule has 0 bridgehead atoms. The Hall–Kier alpha value is -2.22. The van der Waals surface area contributed by atoms with E-state index in [-0.39, 0.29) is 43.0 Å². The summed E-state index contributed by atoms with van der Waals surface area (Å²) in [5.41, 5.74) is 3.40. The molecule has 0 aliphatic carbocycles. The van der Waals surface area contributed by atoms with Crippen LogP contribution in [0.5, 0.6) is 11.5 Å². The van der Waals surface area contributed by atoms with Crippen molar-refractivity contribution in [3.05, 3.63) is 42.0 Å². The molecule has 0 fully saturated rings. The van der Waals surface area contributed by atoms with Gasteiger partial charge in [-0.15, -0.1) is 24.0 Å². The summed E-state index contributed by atoms with van der Waals surface area (Å²) in [4.78, 5) is 7.73. The number of rotatable bonds is 8. The van der Waals surface area contributed by atoms with Crippen molar-refractivity contribution >= 4 is 29.9 Å². The maximum Gasteiger partial charge on any atom is 0.424 e. The van der Waals surface area contributed by atoms with Crippen molar-refractivity contribution in [3.8, 4) is 11.5 Å². The van der Waals surface area contributed by atoms with Gasteiger partial charge in [0.2, 0.25) is 5.60 Å². The number of nitrogens with two attached hydrogens (primary N) is 1. The molecule has 0 radical (unpaired) electrons. The second-order valence-electron chi connectivity index (χ2n) is 6.29. The summed E-state index contributed by atoms with van der Waals surface area (Å²) in [5.74, 6) is 0.542. The molecule has 168 valence electrons. The van der Waals surface area contributed by atoms with Crippen LogP contribution in [-0.2, 0) is 19.2 Å². The van der Waals surface area contributed by atoms with Crippen molar-refractivity contribution in [2.45, 2.75) is 24.7 Å². The average Bonchev–Trinajstić information content (AvgIpc) is 3.11. The third-order valence-corrected chi connectivity index (χ3v) is 4.33. The molecular weight excluding hydrogens is 518 g/mol. The molecule has 1 atom stereocenters. The van der Waals surface area contributed by atoms with Gasteiger partial charge < -0.3 is 30.2 Å². The first kappa shape index (κ1) is 25.8. The number of imidazole rings is 1. The van der Waals surface area contributed by atoms with E-state index < -0.39 is 24.0 Å². The fourth-order valence-corrected chi connectivity index (χ4v) is 2.73. The number of nitrogens with one attached hydrogen (secondary N) is 1. The van der Waals surface area contributed by atoms with Crippen LogP contribution in [0.1, 0.15) is 17.8 Å². The topological polar surface area (TPSA) is 107 Å². The molecule has 30 heavy (non-hydrogen) atoms. The standard InChI is InChI=1S/C18H24F3N5O3.HI/c1-26-9-8-23-15(26)17(27,18(19,20)21)6-7-24-16(22)25-11-12-4-5-13(28-2)14(10-12)29-3;/h4-5,8-10,27H,6-7,11H2,1-3H3,(H3,22,24,25);1H. The molecular formula is C18H25F3IN5O3. The van der Waals surface area contributed by atoms with E-state index in [1.54, 1.807) is 18.2 Å². The molecule has 1 heterocycles. The lowest BCUT2D eigenvalue weighted by Gasteiger charge is -2.30. The van der Waals surface area contributed by atoms with E-state index in [1.807, 2.05) is 0 Å². The highest BCUT2D eigenvalue weighted by Crippen LogP contribution is 2.40. The summed E-state index contributed by atoms with van der Waals surface area (Å²) in [6, 6.07) is 5.20. The number of benzene rings is 1. The Morgan fingerprint density at radius 2 is 1.93 bits per heavy atom. The predicted octanol–water partition coefficient (Wildman–Crippen LogP) is 2.30. The molecule has 12 heteroatoms. The number of halogens is 4. The van der Waals surface area contributed by atoms with E-state index in [0.29, 0.717) is 11.5 Å². The molecule has 0 spiro atoms. The summed E-state index contributed by atoms with van der Waals surface area (Å²) >= 11 is 0. The minimum atomic E-state index is -4.90. The zero-order chi connectivity index (χ0) is 21.7. The first-order valence-corrected chi connectivity index (χ1v) is 8.64. The summed E-state index contributed by atoms with van der Waals surface area (Å²) in [7, 11) is 4.40. The predicted molar refractivity (Wildman–Crippen MR) is 116 cm³/mol. The number of alkyl halides is 3. The number of aliphatic hydroxyl groups is 1. The molecule has 0 amide bonds. The highest BCUT2D eigenvalue weighted by atomic mass is 127. The average molecular weight is 543 g/mol. The number of ether oxygens (including phenoxy) is 2. The minimum Gasteiger partial charge on any atom is -0.493 e. The van der Waals surface area contributed by atoms with Crippen molar-refractivity contribution in [3.63, 3.8) is 0 Å². The normalized spacial score (nSPS) is 13.9. The van der Waals surface area contributed by atoms with Gasteiger partial charge >= 0.3 is 6.18 Å². The molecule has 0 saturated carbocycles. The number of aliphatic imine (C=N–C) groups is 1. The number of aryl methyl sites for hydroxylation is 1. The van der Waals surface area contributed by atoms with E-state index in [2.05, 4.69) is 15.3 Å². The molecule has 1 aromatic heterocycles. The molecule has 8 nitrogen and oxygen atoms in total. The number of nitrogens with zero attached hydrogens (tertiary/aromatic N) is 3. The Kier molecular flexibility index (Phi) is 9.21. The van der Waals surface area contributed by atoms with Crippen molar-refractivity contribution in [1.82, 2.24) is 14.9 Å². The van der Waals surface area contributed by atoms with Crippen molar-refractivity contribution in [2.24, 2.45) is 17.8 Å². The van der Waals surface area contributed by atoms with Crippen molar-refractivity contribution in [2.75, 3.05) is 20.8 Å². The minimum absolute atomic E-state index is 0. The lowest BCUT2D eigenvalue weighted by molar-refractivity contribution is -0.272. The van der Waals surface area contributed by atoms with Gasteiger partial charge in [0.15, 0.2) is 17.5 Å². The fourth-order valence-electron chi connectivity index (χ4n) is 2.73. The van der Waals surface area contributed by atoms with Crippen LogP contribution in [0, 0.1) is 0 Å². The van der Waals surface area contributed by atoms with Gasteiger partial charge in [-0.25, -0.2) is 9.98 Å². The number of methoxy groups -OCH3 is 2. The van der Waals surface area contributed by atoms with Crippen LogP contribution in [0.15, 0.2) is 35.6 Å². The van der Waals surface area contributed by atoms with Crippen LogP contribution in [0.4, 0.5) is 13.2 Å².